The monoisotopic (exact) mass is 488 g/mol. The van der Waals surface area contributed by atoms with E-state index in [1.54, 1.807) is 12.4 Å². The van der Waals surface area contributed by atoms with Gasteiger partial charge in [0, 0.05) is 39.3 Å². The molecule has 0 amide bonds. The predicted octanol–water partition coefficient (Wildman–Crippen LogP) is 2.66. The molecule has 188 valence electrons. The van der Waals surface area contributed by atoms with Gasteiger partial charge in [-0.1, -0.05) is 12.8 Å². The average Bonchev–Trinajstić information content (AvgIpc) is 3.19. The summed E-state index contributed by atoms with van der Waals surface area (Å²) in [6.07, 6.45) is 7.95. The predicted molar refractivity (Wildman–Crippen MR) is 140 cm³/mol. The Hall–Kier alpha value is -3.78. The second-order valence-electron chi connectivity index (χ2n) is 9.91. The number of rotatable bonds is 5. The Morgan fingerprint density at radius 2 is 1.72 bits per heavy atom. The molecule has 5 rings (SSSR count). The molecule has 2 saturated heterocycles. The summed E-state index contributed by atoms with van der Waals surface area (Å²) in [6.45, 7) is 8.95. The Kier molecular flexibility index (Phi) is 6.69. The van der Waals surface area contributed by atoms with Crippen LogP contribution in [0.25, 0.3) is 10.9 Å². The number of aromatic amines is 1. The van der Waals surface area contributed by atoms with Gasteiger partial charge in [-0.2, -0.15) is 15.3 Å². The van der Waals surface area contributed by atoms with Gasteiger partial charge in [0.15, 0.2) is 0 Å². The third-order valence-corrected chi connectivity index (χ3v) is 7.07. The molecule has 11 heteroatoms. The molecular formula is C25H32N10O. The van der Waals surface area contributed by atoms with Crippen LogP contribution in [-0.4, -0.2) is 74.9 Å². The SMILES string of the molecule is CC(C)(C#N)N1CCN(c2ccc(Nc3nc(N4CCCCCC4)nc4cn[nH]c(=O)c34)cn2)CC1. The molecule has 0 bridgehead atoms. The maximum absolute atomic E-state index is 12.6. The molecule has 3 aromatic rings. The first kappa shape index (κ1) is 23.9. The minimum absolute atomic E-state index is 0.333. The van der Waals surface area contributed by atoms with Crippen molar-refractivity contribution in [1.82, 2.24) is 30.0 Å². The fraction of sp³-hybridized carbons (Fsp3) is 0.520. The molecule has 2 N–H and O–H groups in total. The number of anilines is 4. The Balaban J connectivity index is 1.36. The second-order valence-corrected chi connectivity index (χ2v) is 9.91. The summed E-state index contributed by atoms with van der Waals surface area (Å²) in [6, 6.07) is 6.30. The van der Waals surface area contributed by atoms with Crippen LogP contribution in [0.15, 0.2) is 29.3 Å². The van der Waals surface area contributed by atoms with Gasteiger partial charge in [-0.05, 0) is 38.8 Å². The Labute approximate surface area is 210 Å². The zero-order valence-electron chi connectivity index (χ0n) is 20.9. The number of hydrogen-bond donors (Lipinski definition) is 2. The van der Waals surface area contributed by atoms with Gasteiger partial charge in [0.05, 0.1) is 24.2 Å². The molecule has 0 unspecified atom stereocenters. The van der Waals surface area contributed by atoms with Gasteiger partial charge >= 0.3 is 0 Å². The molecule has 2 fully saturated rings. The van der Waals surface area contributed by atoms with Crippen molar-refractivity contribution in [2.45, 2.75) is 45.1 Å². The molecule has 0 aliphatic carbocycles. The van der Waals surface area contributed by atoms with Crippen molar-refractivity contribution in [3.05, 3.63) is 34.9 Å². The number of nitrogens with one attached hydrogen (secondary N) is 2. The summed E-state index contributed by atoms with van der Waals surface area (Å²) in [4.78, 5) is 33.3. The maximum atomic E-state index is 12.6. The molecule has 2 aliphatic heterocycles. The van der Waals surface area contributed by atoms with E-state index >= 15 is 0 Å². The lowest BCUT2D eigenvalue weighted by atomic mass is 10.0. The van der Waals surface area contributed by atoms with E-state index in [0.717, 1.165) is 63.6 Å². The van der Waals surface area contributed by atoms with Gasteiger partial charge < -0.3 is 15.1 Å². The first-order valence-electron chi connectivity index (χ1n) is 12.6. The third-order valence-electron chi connectivity index (χ3n) is 7.07. The fourth-order valence-corrected chi connectivity index (χ4v) is 4.84. The molecule has 0 saturated carbocycles. The largest absolute Gasteiger partial charge is 0.354 e. The fourth-order valence-electron chi connectivity index (χ4n) is 4.84. The lowest BCUT2D eigenvalue weighted by Gasteiger charge is -2.40. The van der Waals surface area contributed by atoms with Gasteiger partial charge in [0.2, 0.25) is 5.95 Å². The highest BCUT2D eigenvalue weighted by molar-refractivity contribution is 5.90. The third kappa shape index (κ3) is 4.95. The normalized spacial score (nSPS) is 17.6. The van der Waals surface area contributed by atoms with Crippen molar-refractivity contribution in [1.29, 1.82) is 5.26 Å². The number of fused-ring (bicyclic) bond motifs is 1. The van der Waals surface area contributed by atoms with Crippen molar-refractivity contribution in [3.63, 3.8) is 0 Å². The van der Waals surface area contributed by atoms with Crippen molar-refractivity contribution in [3.8, 4) is 6.07 Å². The van der Waals surface area contributed by atoms with Crippen molar-refractivity contribution >= 4 is 34.2 Å². The Morgan fingerprint density at radius 1 is 0.972 bits per heavy atom. The van der Waals surface area contributed by atoms with E-state index in [-0.39, 0.29) is 5.56 Å². The van der Waals surface area contributed by atoms with Gasteiger partial charge in [-0.3, -0.25) is 9.69 Å². The number of nitriles is 1. The molecule has 3 aromatic heterocycles. The van der Waals surface area contributed by atoms with Gasteiger partial charge in [0.1, 0.15) is 28.1 Å². The number of hydrogen-bond acceptors (Lipinski definition) is 10. The highest BCUT2D eigenvalue weighted by atomic mass is 16.1. The smallest absolute Gasteiger partial charge is 0.277 e. The van der Waals surface area contributed by atoms with Gasteiger partial charge in [0.25, 0.3) is 5.56 Å². The van der Waals surface area contributed by atoms with E-state index in [1.165, 1.54) is 12.8 Å². The summed E-state index contributed by atoms with van der Waals surface area (Å²) in [7, 11) is 0. The van der Waals surface area contributed by atoms with E-state index in [9.17, 15) is 10.1 Å². The summed E-state index contributed by atoms with van der Waals surface area (Å²) >= 11 is 0. The summed E-state index contributed by atoms with van der Waals surface area (Å²) in [5.41, 5.74) is 0.451. The molecule has 5 heterocycles. The van der Waals surface area contributed by atoms with E-state index in [1.807, 2.05) is 26.0 Å². The van der Waals surface area contributed by atoms with Crippen LogP contribution in [0.1, 0.15) is 39.5 Å². The van der Waals surface area contributed by atoms with Crippen LogP contribution in [0.4, 0.5) is 23.3 Å². The van der Waals surface area contributed by atoms with Gasteiger partial charge in [-0.15, -0.1) is 0 Å². The molecule has 0 radical (unpaired) electrons. The van der Waals surface area contributed by atoms with Crippen LogP contribution in [0, 0.1) is 11.3 Å². The van der Waals surface area contributed by atoms with Crippen LogP contribution in [0.2, 0.25) is 0 Å². The van der Waals surface area contributed by atoms with Crippen LogP contribution in [-0.2, 0) is 0 Å². The molecule has 0 aromatic carbocycles. The van der Waals surface area contributed by atoms with Crippen LogP contribution in [0.5, 0.6) is 0 Å². The Bertz CT molecular complexity index is 1300. The molecule has 36 heavy (non-hydrogen) atoms. The maximum Gasteiger partial charge on any atom is 0.277 e. The van der Waals surface area contributed by atoms with Crippen LogP contribution < -0.4 is 20.7 Å². The number of nitrogens with zero attached hydrogens (tertiary/aromatic N) is 8. The lowest BCUT2D eigenvalue weighted by Crippen LogP contribution is -2.54. The zero-order valence-corrected chi connectivity index (χ0v) is 20.9. The van der Waals surface area contributed by atoms with Crippen molar-refractivity contribution < 1.29 is 0 Å². The van der Waals surface area contributed by atoms with Crippen LogP contribution >= 0.6 is 0 Å². The van der Waals surface area contributed by atoms with Crippen molar-refractivity contribution in [2.24, 2.45) is 0 Å². The molecule has 0 atom stereocenters. The van der Waals surface area contributed by atoms with E-state index in [2.05, 4.69) is 46.3 Å². The zero-order chi connectivity index (χ0) is 25.1. The number of piperazine rings is 1. The summed E-state index contributed by atoms with van der Waals surface area (Å²) < 4.78 is 0. The average molecular weight is 489 g/mol. The standard InChI is InChI=1S/C25H32N10O/c1-25(2,17-26)35-13-11-33(12-14-35)20-8-7-18(15-27-20)29-22-21-19(16-28-32-23(21)36)30-24(31-22)34-9-5-3-4-6-10-34/h7-8,15-16H,3-6,9-14H2,1-2H3,(H,32,36)(H,29,30,31). The van der Waals surface area contributed by atoms with Crippen molar-refractivity contribution in [2.75, 3.05) is 54.4 Å². The topological polar surface area (TPSA) is 130 Å². The number of aromatic nitrogens is 5. The number of H-pyrrole nitrogens is 1. The minimum Gasteiger partial charge on any atom is -0.354 e. The van der Waals surface area contributed by atoms with E-state index < -0.39 is 5.54 Å². The van der Waals surface area contributed by atoms with Crippen LogP contribution in [0.3, 0.4) is 0 Å². The van der Waals surface area contributed by atoms with E-state index in [0.29, 0.717) is 22.7 Å². The lowest BCUT2D eigenvalue weighted by molar-refractivity contribution is 0.158. The molecule has 2 aliphatic rings. The minimum atomic E-state index is -0.465. The first-order valence-corrected chi connectivity index (χ1v) is 12.6. The molecule has 0 spiro atoms. The Morgan fingerprint density at radius 3 is 2.39 bits per heavy atom. The van der Waals surface area contributed by atoms with Gasteiger partial charge in [-0.25, -0.2) is 15.1 Å². The second kappa shape index (κ2) is 10.1. The molecule has 11 nitrogen and oxygen atoms in total. The first-order chi connectivity index (χ1) is 17.4. The molecular weight excluding hydrogens is 456 g/mol. The summed E-state index contributed by atoms with van der Waals surface area (Å²) in [5, 5.41) is 19.5. The number of pyridine rings is 1. The highest BCUT2D eigenvalue weighted by Crippen LogP contribution is 2.26. The summed E-state index contributed by atoms with van der Waals surface area (Å²) in [5.74, 6) is 1.95. The highest BCUT2D eigenvalue weighted by Gasteiger charge is 2.30. The van der Waals surface area contributed by atoms with E-state index in [4.69, 9.17) is 4.98 Å². The quantitative estimate of drug-likeness (QED) is 0.553.